The molecule has 1 atom stereocenters. The van der Waals surface area contributed by atoms with Gasteiger partial charge in [0.25, 0.3) is 5.79 Å². The number of aliphatic hydroxyl groups is 1. The summed E-state index contributed by atoms with van der Waals surface area (Å²) in [5.41, 5.74) is 1.94. The number of ether oxygens (including phenoxy) is 3. The molecule has 1 N–H and O–H groups in total. The predicted molar refractivity (Wildman–Crippen MR) is 103 cm³/mol. The molecule has 146 valence electrons. The molecule has 0 aromatic heterocycles. The Kier molecular flexibility index (Phi) is 4.96. The zero-order chi connectivity index (χ0) is 19.1. The maximum Gasteiger partial charge on any atom is 0.258 e. The molecule has 1 aromatic carbocycles. The van der Waals surface area contributed by atoms with Gasteiger partial charge in [0.1, 0.15) is 12.4 Å². The van der Waals surface area contributed by atoms with Crippen LogP contribution in [0.1, 0.15) is 49.7 Å². The van der Waals surface area contributed by atoms with E-state index in [1.165, 1.54) is 51.2 Å². The van der Waals surface area contributed by atoms with Crippen LogP contribution in [-0.4, -0.2) is 32.5 Å². The number of hydrogen-bond acceptors (Lipinski definition) is 4. The van der Waals surface area contributed by atoms with Crippen molar-refractivity contribution in [3.8, 4) is 18.1 Å². The first-order valence-corrected chi connectivity index (χ1v) is 10.0. The third kappa shape index (κ3) is 3.27. The van der Waals surface area contributed by atoms with E-state index in [1.54, 1.807) is 7.11 Å². The maximum absolute atomic E-state index is 10.7. The molecule has 0 saturated heterocycles. The maximum atomic E-state index is 10.7. The van der Waals surface area contributed by atoms with Gasteiger partial charge in [0.05, 0.1) is 6.61 Å². The van der Waals surface area contributed by atoms with Gasteiger partial charge in [-0.3, -0.25) is 0 Å². The highest BCUT2D eigenvalue weighted by atomic mass is 16.6. The average molecular weight is 370 g/mol. The van der Waals surface area contributed by atoms with Crippen LogP contribution in [0.5, 0.6) is 5.75 Å². The lowest BCUT2D eigenvalue weighted by molar-refractivity contribution is -0.145. The van der Waals surface area contributed by atoms with Crippen molar-refractivity contribution in [3.05, 3.63) is 29.3 Å². The summed E-state index contributed by atoms with van der Waals surface area (Å²) in [4.78, 5) is 0. The number of rotatable bonds is 7. The molecule has 1 unspecified atom stereocenters. The van der Waals surface area contributed by atoms with E-state index in [1.807, 2.05) is 18.2 Å². The van der Waals surface area contributed by atoms with Crippen LogP contribution in [0.4, 0.5) is 0 Å². The molecular formula is C23H30O4. The van der Waals surface area contributed by atoms with Crippen LogP contribution in [0.25, 0.3) is 0 Å². The lowest BCUT2D eigenvalue weighted by atomic mass is 9.48. The Hall–Kier alpha value is -1.54. The SMILES string of the molecule is C#CC(O)(OC)c1ccc(OCCOC)c(C23CC4CC(CC(C4)C2)C3)c1. The highest BCUT2D eigenvalue weighted by Gasteiger charge is 2.52. The fraction of sp³-hybridized carbons (Fsp3) is 0.652. The van der Waals surface area contributed by atoms with Crippen molar-refractivity contribution in [3.63, 3.8) is 0 Å². The van der Waals surface area contributed by atoms with Crippen molar-refractivity contribution < 1.29 is 19.3 Å². The van der Waals surface area contributed by atoms with E-state index in [9.17, 15) is 5.11 Å². The zero-order valence-corrected chi connectivity index (χ0v) is 16.4. The summed E-state index contributed by atoms with van der Waals surface area (Å²) in [5.74, 6) is 4.04. The van der Waals surface area contributed by atoms with E-state index in [4.69, 9.17) is 20.6 Å². The summed E-state index contributed by atoms with van der Waals surface area (Å²) < 4.78 is 16.5. The second-order valence-electron chi connectivity index (χ2n) is 8.74. The van der Waals surface area contributed by atoms with E-state index < -0.39 is 5.79 Å². The molecule has 4 nitrogen and oxygen atoms in total. The topological polar surface area (TPSA) is 47.9 Å². The van der Waals surface area contributed by atoms with Gasteiger partial charge < -0.3 is 19.3 Å². The minimum absolute atomic E-state index is 0.135. The van der Waals surface area contributed by atoms with Gasteiger partial charge in [0, 0.05) is 25.3 Å². The summed E-state index contributed by atoms with van der Waals surface area (Å²) in [6.45, 7) is 1.06. The van der Waals surface area contributed by atoms with Gasteiger partial charge in [-0.05, 0) is 85.8 Å². The van der Waals surface area contributed by atoms with Crippen LogP contribution >= 0.6 is 0 Å². The Bertz CT molecular complexity index is 699. The Morgan fingerprint density at radius 2 is 1.74 bits per heavy atom. The third-order valence-corrected chi connectivity index (χ3v) is 7.02. The van der Waals surface area contributed by atoms with Crippen LogP contribution in [0.15, 0.2) is 18.2 Å². The molecule has 0 radical (unpaired) electrons. The second-order valence-corrected chi connectivity index (χ2v) is 8.74. The molecule has 5 rings (SSSR count). The van der Waals surface area contributed by atoms with Crippen LogP contribution in [0.3, 0.4) is 0 Å². The van der Waals surface area contributed by atoms with Gasteiger partial charge in [0.2, 0.25) is 0 Å². The Balaban J connectivity index is 1.75. The van der Waals surface area contributed by atoms with Gasteiger partial charge >= 0.3 is 0 Å². The van der Waals surface area contributed by atoms with E-state index in [0.717, 1.165) is 23.5 Å². The first kappa shape index (κ1) is 18.8. The van der Waals surface area contributed by atoms with Crippen LogP contribution < -0.4 is 4.74 Å². The molecule has 4 aliphatic rings. The van der Waals surface area contributed by atoms with E-state index >= 15 is 0 Å². The van der Waals surface area contributed by atoms with Crippen molar-refractivity contribution >= 4 is 0 Å². The summed E-state index contributed by atoms with van der Waals surface area (Å²) in [7, 11) is 3.12. The molecule has 27 heavy (non-hydrogen) atoms. The lowest BCUT2D eigenvalue weighted by Gasteiger charge is -2.57. The van der Waals surface area contributed by atoms with Crippen molar-refractivity contribution in [1.82, 2.24) is 0 Å². The molecule has 0 amide bonds. The molecular weight excluding hydrogens is 340 g/mol. The monoisotopic (exact) mass is 370 g/mol. The number of methoxy groups -OCH3 is 2. The van der Waals surface area contributed by atoms with Crippen LogP contribution in [0, 0.1) is 30.1 Å². The molecule has 1 aromatic rings. The minimum atomic E-state index is -1.71. The third-order valence-electron chi connectivity index (χ3n) is 7.02. The lowest BCUT2D eigenvalue weighted by Crippen LogP contribution is -2.48. The summed E-state index contributed by atoms with van der Waals surface area (Å²) >= 11 is 0. The first-order chi connectivity index (χ1) is 13.0. The smallest absolute Gasteiger partial charge is 0.258 e. The normalized spacial score (nSPS) is 33.5. The summed E-state index contributed by atoms with van der Waals surface area (Å²) in [5, 5.41) is 10.7. The average Bonchev–Trinajstić information content (AvgIpc) is 2.66. The molecule has 4 fully saturated rings. The predicted octanol–water partition coefficient (Wildman–Crippen LogP) is 3.60. The van der Waals surface area contributed by atoms with Gasteiger partial charge in [0.15, 0.2) is 0 Å². The fourth-order valence-corrected chi connectivity index (χ4v) is 6.22. The Labute approximate surface area is 162 Å². The highest BCUT2D eigenvalue weighted by molar-refractivity contribution is 5.46. The van der Waals surface area contributed by atoms with E-state index in [2.05, 4.69) is 5.92 Å². The van der Waals surface area contributed by atoms with Crippen molar-refractivity contribution in [2.45, 2.75) is 49.7 Å². The number of terminal acetylenes is 1. The summed E-state index contributed by atoms with van der Waals surface area (Å²) in [6, 6.07) is 5.80. The van der Waals surface area contributed by atoms with E-state index in [-0.39, 0.29) is 5.41 Å². The molecule has 0 heterocycles. The van der Waals surface area contributed by atoms with Gasteiger partial charge in [-0.1, -0.05) is 0 Å². The van der Waals surface area contributed by atoms with Crippen molar-refractivity contribution in [2.24, 2.45) is 17.8 Å². The van der Waals surface area contributed by atoms with Gasteiger partial charge in [-0.2, -0.15) is 0 Å². The van der Waals surface area contributed by atoms with Crippen LogP contribution in [0.2, 0.25) is 0 Å². The van der Waals surface area contributed by atoms with Gasteiger partial charge in [-0.25, -0.2) is 0 Å². The van der Waals surface area contributed by atoms with Crippen molar-refractivity contribution in [2.75, 3.05) is 27.4 Å². The molecule has 4 bridgehead atoms. The largest absolute Gasteiger partial charge is 0.491 e. The molecule has 4 saturated carbocycles. The second kappa shape index (κ2) is 7.13. The fourth-order valence-electron chi connectivity index (χ4n) is 6.22. The minimum Gasteiger partial charge on any atom is -0.491 e. The molecule has 0 spiro atoms. The quantitative estimate of drug-likeness (QED) is 0.453. The number of benzene rings is 1. The van der Waals surface area contributed by atoms with E-state index in [0.29, 0.717) is 18.8 Å². The van der Waals surface area contributed by atoms with Gasteiger partial charge in [-0.15, -0.1) is 6.42 Å². The standard InChI is InChI=1S/C23H30O4/c1-4-23(24,26-3)19-5-6-21(27-8-7-25-2)20(12-19)22-13-16-9-17(14-22)11-18(10-16)15-22/h1,5-6,12,16-18,24H,7-11,13-15H2,2-3H3. The zero-order valence-electron chi connectivity index (χ0n) is 16.4. The summed E-state index contributed by atoms with van der Waals surface area (Å²) in [6.07, 6.45) is 13.3. The van der Waals surface area contributed by atoms with Crippen molar-refractivity contribution in [1.29, 1.82) is 0 Å². The molecule has 0 aliphatic heterocycles. The number of hydrogen-bond donors (Lipinski definition) is 1. The first-order valence-electron chi connectivity index (χ1n) is 10.0. The molecule has 4 heteroatoms. The van der Waals surface area contributed by atoms with Crippen LogP contribution in [-0.2, 0) is 20.7 Å². The Morgan fingerprint density at radius 3 is 2.26 bits per heavy atom. The molecule has 4 aliphatic carbocycles. The Morgan fingerprint density at radius 1 is 1.11 bits per heavy atom. The highest BCUT2D eigenvalue weighted by Crippen LogP contribution is 2.62.